The highest BCUT2D eigenvalue weighted by Gasteiger charge is 2.36. The van der Waals surface area contributed by atoms with Crippen LogP contribution in [0, 0.1) is 5.92 Å². The zero-order valence-corrected chi connectivity index (χ0v) is 16.5. The van der Waals surface area contributed by atoms with E-state index in [0.717, 1.165) is 12.1 Å². The summed E-state index contributed by atoms with van der Waals surface area (Å²) < 4.78 is 6.61. The molecule has 1 aliphatic heterocycles. The van der Waals surface area contributed by atoms with E-state index in [9.17, 15) is 9.59 Å². The van der Waals surface area contributed by atoms with E-state index in [0.29, 0.717) is 18.8 Å². The van der Waals surface area contributed by atoms with Crippen molar-refractivity contribution in [1.29, 1.82) is 0 Å². The fourth-order valence-corrected chi connectivity index (χ4v) is 4.66. The van der Waals surface area contributed by atoms with Crippen molar-refractivity contribution in [1.82, 2.24) is 5.32 Å². The summed E-state index contributed by atoms with van der Waals surface area (Å²) in [6, 6.07) is 15.7. The number of benzene rings is 2. The molecule has 2 heterocycles. The van der Waals surface area contributed by atoms with E-state index < -0.39 is 0 Å². The molecule has 1 N–H and O–H groups in total. The third-order valence-corrected chi connectivity index (χ3v) is 6.14. The third-order valence-electron chi connectivity index (χ3n) is 5.13. The Morgan fingerprint density at radius 2 is 2.00 bits per heavy atom. The summed E-state index contributed by atoms with van der Waals surface area (Å²) >= 11 is 1.72. The van der Waals surface area contributed by atoms with Crippen molar-refractivity contribution in [2.24, 2.45) is 5.92 Å². The van der Waals surface area contributed by atoms with Crippen molar-refractivity contribution in [3.63, 3.8) is 0 Å². The Morgan fingerprint density at radius 1 is 1.21 bits per heavy atom. The van der Waals surface area contributed by atoms with Gasteiger partial charge < -0.3 is 15.0 Å². The predicted octanol–water partition coefficient (Wildman–Crippen LogP) is 3.62. The van der Waals surface area contributed by atoms with Gasteiger partial charge in [-0.2, -0.15) is 0 Å². The van der Waals surface area contributed by atoms with E-state index >= 15 is 0 Å². The molecule has 1 fully saturated rings. The number of fused-ring (bicyclic) bond motifs is 1. The van der Waals surface area contributed by atoms with Crippen molar-refractivity contribution in [2.45, 2.75) is 12.8 Å². The van der Waals surface area contributed by atoms with Gasteiger partial charge in [-0.25, -0.2) is 0 Å². The first kappa shape index (κ1) is 18.5. The summed E-state index contributed by atoms with van der Waals surface area (Å²) in [5.41, 5.74) is 1.97. The van der Waals surface area contributed by atoms with Crippen molar-refractivity contribution < 1.29 is 14.3 Å². The number of hydrogen-bond acceptors (Lipinski definition) is 4. The van der Waals surface area contributed by atoms with Gasteiger partial charge in [0.05, 0.1) is 18.7 Å². The fraction of sp³-hybridized carbons (Fsp3) is 0.273. The largest absolute Gasteiger partial charge is 0.495 e. The number of thiophene rings is 1. The van der Waals surface area contributed by atoms with Crippen LogP contribution in [0.5, 0.6) is 5.75 Å². The molecular weight excluding hydrogens is 372 g/mol. The van der Waals surface area contributed by atoms with Gasteiger partial charge in [-0.1, -0.05) is 30.3 Å². The van der Waals surface area contributed by atoms with Gasteiger partial charge in [0.2, 0.25) is 11.8 Å². The minimum absolute atomic E-state index is 0.0477. The van der Waals surface area contributed by atoms with Crippen LogP contribution in [0.4, 0.5) is 5.69 Å². The molecule has 0 saturated carbocycles. The molecule has 4 rings (SSSR count). The Hall–Kier alpha value is -2.86. The molecule has 0 radical (unpaired) electrons. The molecule has 2 aromatic carbocycles. The topological polar surface area (TPSA) is 58.6 Å². The van der Waals surface area contributed by atoms with Gasteiger partial charge in [0.25, 0.3) is 0 Å². The van der Waals surface area contributed by atoms with E-state index in [-0.39, 0.29) is 24.2 Å². The summed E-state index contributed by atoms with van der Waals surface area (Å²) in [7, 11) is 1.58. The highest BCUT2D eigenvalue weighted by atomic mass is 32.1. The van der Waals surface area contributed by atoms with Crippen LogP contribution in [-0.2, 0) is 16.0 Å². The molecule has 0 bridgehead atoms. The Balaban J connectivity index is 1.36. The first-order chi connectivity index (χ1) is 13.7. The molecule has 6 heteroatoms. The lowest BCUT2D eigenvalue weighted by atomic mass is 10.1. The molecule has 3 aromatic rings. The molecule has 28 heavy (non-hydrogen) atoms. The smallest absolute Gasteiger partial charge is 0.227 e. The Morgan fingerprint density at radius 3 is 2.86 bits per heavy atom. The minimum atomic E-state index is -0.336. The highest BCUT2D eigenvalue weighted by molar-refractivity contribution is 7.17. The van der Waals surface area contributed by atoms with Crippen LogP contribution in [0.1, 0.15) is 12.0 Å². The number of amides is 2. The number of hydrogen-bond donors (Lipinski definition) is 1. The van der Waals surface area contributed by atoms with Crippen LogP contribution in [0.25, 0.3) is 10.1 Å². The molecule has 0 spiro atoms. The van der Waals surface area contributed by atoms with Crippen LogP contribution in [0.3, 0.4) is 0 Å². The number of anilines is 1. The van der Waals surface area contributed by atoms with Gasteiger partial charge in [-0.05, 0) is 40.9 Å². The second-order valence-electron chi connectivity index (χ2n) is 6.88. The normalized spacial score (nSPS) is 16.5. The first-order valence-corrected chi connectivity index (χ1v) is 10.2. The lowest BCUT2D eigenvalue weighted by molar-refractivity contribution is -0.126. The van der Waals surface area contributed by atoms with Crippen molar-refractivity contribution in [3.8, 4) is 5.75 Å². The SMILES string of the molecule is COc1ccccc1N1CC(C(=O)NCCc2csc3ccccc23)CC1=O. The number of nitrogens with one attached hydrogen (secondary N) is 1. The van der Waals surface area contributed by atoms with Gasteiger partial charge in [0.1, 0.15) is 5.75 Å². The summed E-state index contributed by atoms with van der Waals surface area (Å²) in [6.07, 6.45) is 1.01. The fourth-order valence-electron chi connectivity index (χ4n) is 3.66. The molecule has 5 nitrogen and oxygen atoms in total. The zero-order chi connectivity index (χ0) is 19.5. The van der Waals surface area contributed by atoms with Crippen LogP contribution < -0.4 is 15.0 Å². The molecule has 1 unspecified atom stereocenters. The molecule has 0 aliphatic carbocycles. The van der Waals surface area contributed by atoms with E-state index in [1.54, 1.807) is 23.3 Å². The second-order valence-corrected chi connectivity index (χ2v) is 7.79. The van der Waals surface area contributed by atoms with Crippen LogP contribution in [0.15, 0.2) is 53.9 Å². The van der Waals surface area contributed by atoms with Gasteiger partial charge >= 0.3 is 0 Å². The molecule has 144 valence electrons. The highest BCUT2D eigenvalue weighted by Crippen LogP contribution is 2.32. The van der Waals surface area contributed by atoms with Gasteiger partial charge in [-0.15, -0.1) is 11.3 Å². The number of nitrogens with zero attached hydrogens (tertiary/aromatic N) is 1. The number of para-hydroxylation sites is 2. The Labute approximate surface area is 167 Å². The lowest BCUT2D eigenvalue weighted by Crippen LogP contribution is -2.34. The quantitative estimate of drug-likeness (QED) is 0.695. The summed E-state index contributed by atoms with van der Waals surface area (Å²) in [6.45, 7) is 0.950. The van der Waals surface area contributed by atoms with Crippen molar-refractivity contribution in [2.75, 3.05) is 25.1 Å². The van der Waals surface area contributed by atoms with Crippen LogP contribution in [0.2, 0.25) is 0 Å². The maximum atomic E-state index is 12.6. The zero-order valence-electron chi connectivity index (χ0n) is 15.7. The molecule has 1 atom stereocenters. The first-order valence-electron chi connectivity index (χ1n) is 9.33. The maximum Gasteiger partial charge on any atom is 0.227 e. The maximum absolute atomic E-state index is 12.6. The van der Waals surface area contributed by atoms with Gasteiger partial charge in [-0.3, -0.25) is 9.59 Å². The third kappa shape index (κ3) is 3.60. The van der Waals surface area contributed by atoms with Crippen molar-refractivity contribution >= 4 is 38.9 Å². The minimum Gasteiger partial charge on any atom is -0.495 e. The predicted molar refractivity (Wildman–Crippen MR) is 112 cm³/mol. The molecule has 2 amide bonds. The number of carbonyl (C=O) groups is 2. The Kier molecular flexibility index (Phi) is 5.30. The second kappa shape index (κ2) is 8.02. The molecule has 1 aromatic heterocycles. The summed E-state index contributed by atoms with van der Waals surface area (Å²) in [5, 5.41) is 6.41. The van der Waals surface area contributed by atoms with E-state index in [2.05, 4.69) is 22.8 Å². The average Bonchev–Trinajstić information content (AvgIpc) is 3.31. The Bertz CT molecular complexity index is 1010. The standard InChI is InChI=1S/C22H22N2O3S/c1-27-19-8-4-3-7-18(19)24-13-16(12-21(24)25)22(26)23-11-10-15-14-28-20-9-5-2-6-17(15)20/h2-9,14,16H,10-13H2,1H3,(H,23,26). The summed E-state index contributed by atoms with van der Waals surface area (Å²) in [4.78, 5) is 26.7. The number of methoxy groups -OCH3 is 1. The number of rotatable bonds is 6. The van der Waals surface area contributed by atoms with Crippen LogP contribution in [-0.4, -0.2) is 32.0 Å². The average molecular weight is 394 g/mol. The van der Waals surface area contributed by atoms with E-state index in [1.807, 2.05) is 36.4 Å². The molecular formula is C22H22N2O3S. The monoisotopic (exact) mass is 394 g/mol. The van der Waals surface area contributed by atoms with Crippen molar-refractivity contribution in [3.05, 3.63) is 59.5 Å². The van der Waals surface area contributed by atoms with Gasteiger partial charge in [0.15, 0.2) is 0 Å². The van der Waals surface area contributed by atoms with E-state index in [4.69, 9.17) is 4.74 Å². The molecule has 1 saturated heterocycles. The number of ether oxygens (including phenoxy) is 1. The summed E-state index contributed by atoms with van der Waals surface area (Å²) in [5.74, 6) is 0.191. The molecule has 1 aliphatic rings. The number of carbonyl (C=O) groups excluding carboxylic acids is 2. The van der Waals surface area contributed by atoms with Crippen LogP contribution >= 0.6 is 11.3 Å². The lowest BCUT2D eigenvalue weighted by Gasteiger charge is -2.19. The van der Waals surface area contributed by atoms with E-state index in [1.165, 1.54) is 15.6 Å². The van der Waals surface area contributed by atoms with Gasteiger partial charge in [0, 0.05) is 24.2 Å².